The quantitative estimate of drug-likeness (QED) is 0.378. The molecule has 0 aliphatic rings. The van der Waals surface area contributed by atoms with Gasteiger partial charge in [0.1, 0.15) is 11.2 Å². The van der Waals surface area contributed by atoms with E-state index in [4.69, 9.17) is 4.42 Å². The number of H-pyrrole nitrogens is 1. The van der Waals surface area contributed by atoms with E-state index in [-0.39, 0.29) is 5.75 Å². The Balaban J connectivity index is 1.38. The minimum Gasteiger partial charge on any atom is -0.436 e. The Morgan fingerprint density at radius 1 is 1.00 bits per heavy atom. The van der Waals surface area contributed by atoms with E-state index in [0.717, 1.165) is 27.8 Å². The number of aromatic amines is 1. The molecule has 0 saturated carbocycles. The van der Waals surface area contributed by atoms with Crippen LogP contribution in [0.5, 0.6) is 0 Å². The first-order chi connectivity index (χ1) is 15.5. The van der Waals surface area contributed by atoms with Crippen molar-refractivity contribution in [1.82, 2.24) is 15.2 Å². The van der Waals surface area contributed by atoms with Crippen LogP contribution in [0, 0.1) is 6.92 Å². The van der Waals surface area contributed by atoms with E-state index in [0.29, 0.717) is 22.9 Å². The number of oxazole rings is 1. The van der Waals surface area contributed by atoms with Gasteiger partial charge in [-0.15, -0.1) is 0 Å². The molecule has 7 nitrogen and oxygen atoms in total. The minimum atomic E-state index is -3.52. The fraction of sp³-hybridized carbons (Fsp3) is 0.0833. The van der Waals surface area contributed by atoms with Crippen LogP contribution in [0.2, 0.25) is 0 Å². The number of aromatic nitrogens is 3. The van der Waals surface area contributed by atoms with Gasteiger partial charge in [-0.3, -0.25) is 9.82 Å². The molecule has 5 aromatic rings. The third kappa shape index (κ3) is 4.13. The second-order valence-electron chi connectivity index (χ2n) is 7.56. The average molecular weight is 445 g/mol. The minimum absolute atomic E-state index is 0.0870. The molecule has 32 heavy (non-hydrogen) atoms. The Bertz CT molecular complexity index is 1490. The van der Waals surface area contributed by atoms with Crippen molar-refractivity contribution in [3.8, 4) is 22.7 Å². The number of aryl methyl sites for hydroxylation is 1. The number of rotatable bonds is 6. The Labute approximate surface area is 185 Å². The van der Waals surface area contributed by atoms with Crippen LogP contribution in [0.15, 0.2) is 83.4 Å². The lowest BCUT2D eigenvalue weighted by Gasteiger charge is -2.09. The van der Waals surface area contributed by atoms with Gasteiger partial charge in [0.25, 0.3) is 0 Å². The Kier molecular flexibility index (Phi) is 4.99. The lowest BCUT2D eigenvalue weighted by Crippen LogP contribution is -2.14. The fourth-order valence-corrected chi connectivity index (χ4v) is 4.73. The molecule has 8 heteroatoms. The van der Waals surface area contributed by atoms with E-state index in [9.17, 15) is 8.42 Å². The van der Waals surface area contributed by atoms with Crippen molar-refractivity contribution in [1.29, 1.82) is 0 Å². The average Bonchev–Trinajstić information content (AvgIpc) is 3.41. The van der Waals surface area contributed by atoms with Gasteiger partial charge in [-0.05, 0) is 42.3 Å². The first kappa shape index (κ1) is 20.0. The molecule has 2 N–H and O–H groups in total. The lowest BCUT2D eigenvalue weighted by molar-refractivity contribution is 0.600. The molecule has 160 valence electrons. The summed E-state index contributed by atoms with van der Waals surface area (Å²) in [7, 11) is -3.52. The van der Waals surface area contributed by atoms with Crippen molar-refractivity contribution in [2.45, 2.75) is 12.7 Å². The number of nitrogens with one attached hydrogen (secondary N) is 2. The molecule has 5 rings (SSSR count). The van der Waals surface area contributed by atoms with Crippen LogP contribution >= 0.6 is 0 Å². The van der Waals surface area contributed by atoms with E-state index in [1.807, 2.05) is 55.5 Å². The van der Waals surface area contributed by atoms with Crippen LogP contribution in [-0.4, -0.2) is 23.6 Å². The Hall–Kier alpha value is -3.91. The molecule has 0 amide bonds. The highest BCUT2D eigenvalue weighted by atomic mass is 32.2. The zero-order chi connectivity index (χ0) is 22.1. The number of hydrogen-bond donors (Lipinski definition) is 2. The van der Waals surface area contributed by atoms with Crippen LogP contribution in [0.1, 0.15) is 11.1 Å². The standard InChI is InChI=1S/C24H20N4O3S/c1-16-7-12-22-21(13-16)26-24(31-22)20-14-25-27-23(20)18-8-10-19(11-9-18)28-32(29,30)15-17-5-3-2-4-6-17/h2-14,28H,15H2,1H3,(H,25,27). The summed E-state index contributed by atoms with van der Waals surface area (Å²) in [6, 6.07) is 22.0. The van der Waals surface area contributed by atoms with Crippen molar-refractivity contribution in [3.05, 3.63) is 90.1 Å². The molecule has 2 aromatic heterocycles. The van der Waals surface area contributed by atoms with Gasteiger partial charge in [-0.25, -0.2) is 13.4 Å². The van der Waals surface area contributed by atoms with E-state index in [1.54, 1.807) is 30.5 Å². The summed E-state index contributed by atoms with van der Waals surface area (Å²) in [5.74, 6) is 0.387. The van der Waals surface area contributed by atoms with Gasteiger partial charge in [-0.1, -0.05) is 48.5 Å². The van der Waals surface area contributed by atoms with E-state index in [1.165, 1.54) is 0 Å². The predicted molar refractivity (Wildman–Crippen MR) is 124 cm³/mol. The third-order valence-corrected chi connectivity index (χ3v) is 6.31. The summed E-state index contributed by atoms with van der Waals surface area (Å²) in [4.78, 5) is 4.59. The predicted octanol–water partition coefficient (Wildman–Crippen LogP) is 5.14. The van der Waals surface area contributed by atoms with E-state index in [2.05, 4.69) is 19.9 Å². The molecule has 0 bridgehead atoms. The first-order valence-electron chi connectivity index (χ1n) is 10.0. The Morgan fingerprint density at radius 2 is 1.78 bits per heavy atom. The van der Waals surface area contributed by atoms with E-state index < -0.39 is 10.0 Å². The molecule has 0 unspecified atom stereocenters. The highest BCUT2D eigenvalue weighted by Gasteiger charge is 2.17. The molecule has 0 fully saturated rings. The van der Waals surface area contributed by atoms with Crippen LogP contribution in [0.4, 0.5) is 5.69 Å². The van der Waals surface area contributed by atoms with Crippen LogP contribution in [-0.2, 0) is 15.8 Å². The summed E-state index contributed by atoms with van der Waals surface area (Å²) < 4.78 is 33.5. The van der Waals surface area contributed by atoms with Crippen molar-refractivity contribution in [2.75, 3.05) is 4.72 Å². The molecule has 0 saturated heterocycles. The fourth-order valence-electron chi connectivity index (χ4n) is 3.53. The highest BCUT2D eigenvalue weighted by molar-refractivity contribution is 7.91. The van der Waals surface area contributed by atoms with Gasteiger partial charge >= 0.3 is 0 Å². The zero-order valence-corrected chi connectivity index (χ0v) is 18.1. The van der Waals surface area contributed by atoms with E-state index >= 15 is 0 Å². The third-order valence-electron chi connectivity index (χ3n) is 5.05. The molecule has 3 aromatic carbocycles. The molecular formula is C24H20N4O3S. The lowest BCUT2D eigenvalue weighted by atomic mass is 10.1. The molecule has 0 aliphatic heterocycles. The Morgan fingerprint density at radius 3 is 2.56 bits per heavy atom. The molecule has 0 spiro atoms. The molecular weight excluding hydrogens is 424 g/mol. The molecule has 2 heterocycles. The van der Waals surface area contributed by atoms with Gasteiger partial charge < -0.3 is 4.42 Å². The monoisotopic (exact) mass is 444 g/mol. The normalized spacial score (nSPS) is 11.7. The number of sulfonamides is 1. The maximum atomic E-state index is 12.5. The van der Waals surface area contributed by atoms with Crippen molar-refractivity contribution in [2.24, 2.45) is 0 Å². The topological polar surface area (TPSA) is 101 Å². The number of benzene rings is 3. The number of nitrogens with zero attached hydrogens (tertiary/aromatic N) is 2. The first-order valence-corrected chi connectivity index (χ1v) is 11.7. The highest BCUT2D eigenvalue weighted by Crippen LogP contribution is 2.32. The smallest absolute Gasteiger partial charge is 0.236 e. The summed E-state index contributed by atoms with van der Waals surface area (Å²) in [5, 5.41) is 7.22. The maximum absolute atomic E-state index is 12.5. The van der Waals surface area contributed by atoms with Gasteiger partial charge in [-0.2, -0.15) is 5.10 Å². The largest absolute Gasteiger partial charge is 0.436 e. The number of anilines is 1. The van der Waals surface area contributed by atoms with Crippen LogP contribution < -0.4 is 4.72 Å². The van der Waals surface area contributed by atoms with Crippen molar-refractivity contribution >= 4 is 26.8 Å². The van der Waals surface area contributed by atoms with Crippen molar-refractivity contribution in [3.63, 3.8) is 0 Å². The van der Waals surface area contributed by atoms with Gasteiger partial charge in [0, 0.05) is 17.4 Å². The molecule has 0 aliphatic carbocycles. The number of fused-ring (bicyclic) bond motifs is 1. The summed E-state index contributed by atoms with van der Waals surface area (Å²) in [6.07, 6.45) is 1.74. The van der Waals surface area contributed by atoms with Gasteiger partial charge in [0.15, 0.2) is 5.58 Å². The zero-order valence-electron chi connectivity index (χ0n) is 17.2. The number of hydrogen-bond acceptors (Lipinski definition) is 5. The molecule has 0 atom stereocenters. The second kappa shape index (κ2) is 7.97. The van der Waals surface area contributed by atoms with Crippen LogP contribution in [0.3, 0.4) is 0 Å². The van der Waals surface area contributed by atoms with Crippen molar-refractivity contribution < 1.29 is 12.8 Å². The molecule has 0 radical (unpaired) electrons. The maximum Gasteiger partial charge on any atom is 0.236 e. The second-order valence-corrected chi connectivity index (χ2v) is 9.28. The summed E-state index contributed by atoms with van der Waals surface area (Å²) >= 11 is 0. The van der Waals surface area contributed by atoms with Gasteiger partial charge in [0.2, 0.25) is 15.9 Å². The summed E-state index contributed by atoms with van der Waals surface area (Å²) in [6.45, 7) is 2.01. The van der Waals surface area contributed by atoms with Gasteiger partial charge in [0.05, 0.1) is 11.3 Å². The SMILES string of the molecule is Cc1ccc2oc(-c3c[nH]nc3-c3ccc(NS(=O)(=O)Cc4ccccc4)cc3)nc2c1. The summed E-state index contributed by atoms with van der Waals surface area (Å²) in [5.41, 5.74) is 6.03. The van der Waals surface area contributed by atoms with Crippen LogP contribution in [0.25, 0.3) is 33.8 Å².